The molecule has 0 aromatic heterocycles. The van der Waals surface area contributed by atoms with Crippen LogP contribution in [0.15, 0.2) is 11.6 Å². The molecular formula is C41H73NO7. The predicted octanol–water partition coefficient (Wildman–Crippen LogP) is 8.35. The van der Waals surface area contributed by atoms with Crippen LogP contribution in [0.3, 0.4) is 0 Å². The molecule has 8 nitrogen and oxygen atoms in total. The summed E-state index contributed by atoms with van der Waals surface area (Å²) < 4.78 is 28.1. The van der Waals surface area contributed by atoms with Crippen molar-refractivity contribution in [3.8, 4) is 0 Å². The molecule has 0 radical (unpaired) electrons. The van der Waals surface area contributed by atoms with Crippen LogP contribution in [0.2, 0.25) is 0 Å². The number of hydrogen-bond donors (Lipinski definition) is 2. The largest absolute Gasteiger partial charge is 0.446 e. The van der Waals surface area contributed by atoms with Crippen molar-refractivity contribution in [1.82, 2.24) is 5.32 Å². The Kier molecular flexibility index (Phi) is 16.7. The monoisotopic (exact) mass is 692 g/mol. The number of amides is 1. The first-order valence-electron chi connectivity index (χ1n) is 20.2. The van der Waals surface area contributed by atoms with Crippen molar-refractivity contribution in [1.29, 1.82) is 0 Å². The van der Waals surface area contributed by atoms with Gasteiger partial charge in [-0.3, -0.25) is 0 Å². The van der Waals surface area contributed by atoms with Gasteiger partial charge in [0.1, 0.15) is 6.10 Å². The van der Waals surface area contributed by atoms with Gasteiger partial charge in [-0.2, -0.15) is 0 Å². The average Bonchev–Trinajstić information content (AvgIpc) is 3.44. The number of hydrogen-bond acceptors (Lipinski definition) is 7. The van der Waals surface area contributed by atoms with Gasteiger partial charge in [0.25, 0.3) is 0 Å². The summed E-state index contributed by atoms with van der Waals surface area (Å²) in [5.41, 5.74) is 2.35. The van der Waals surface area contributed by atoms with E-state index in [1.54, 1.807) is 5.57 Å². The van der Waals surface area contributed by atoms with Crippen LogP contribution in [0.4, 0.5) is 4.79 Å². The van der Waals surface area contributed by atoms with E-state index in [1.807, 2.05) is 6.92 Å². The summed E-state index contributed by atoms with van der Waals surface area (Å²) in [5.74, 6) is 5.04. The highest BCUT2D eigenvalue weighted by molar-refractivity contribution is 5.67. The van der Waals surface area contributed by atoms with Gasteiger partial charge in [-0.1, -0.05) is 72.5 Å². The molecule has 0 bridgehead atoms. The summed E-state index contributed by atoms with van der Waals surface area (Å²) in [6.07, 6.45) is 17.7. The van der Waals surface area contributed by atoms with Crippen molar-refractivity contribution in [2.24, 2.45) is 46.3 Å². The number of rotatable bonds is 22. The Bertz CT molecular complexity index is 1000. The molecule has 0 aliphatic heterocycles. The van der Waals surface area contributed by atoms with Crippen molar-refractivity contribution in [2.45, 2.75) is 137 Å². The van der Waals surface area contributed by atoms with Gasteiger partial charge in [-0.15, -0.1) is 0 Å². The zero-order valence-corrected chi connectivity index (χ0v) is 32.1. The highest BCUT2D eigenvalue weighted by atomic mass is 16.6. The van der Waals surface area contributed by atoms with Crippen molar-refractivity contribution >= 4 is 6.09 Å². The number of carbonyl (C=O) groups is 1. The van der Waals surface area contributed by atoms with Crippen LogP contribution in [-0.2, 0) is 23.7 Å². The average molecular weight is 692 g/mol. The number of fused-ring (bicyclic) bond motifs is 5. The first kappa shape index (κ1) is 40.6. The number of alkyl carbamates (subject to hydrolysis) is 1. The topological polar surface area (TPSA) is 95.5 Å². The maximum absolute atomic E-state index is 12.6. The van der Waals surface area contributed by atoms with Crippen LogP contribution in [0.5, 0.6) is 0 Å². The van der Waals surface area contributed by atoms with Crippen molar-refractivity contribution in [2.75, 3.05) is 59.4 Å². The molecule has 1 amide bonds. The molecule has 8 heteroatoms. The van der Waals surface area contributed by atoms with E-state index >= 15 is 0 Å². The van der Waals surface area contributed by atoms with E-state index in [2.05, 4.69) is 46.0 Å². The highest BCUT2D eigenvalue weighted by Crippen LogP contribution is 2.67. The van der Waals surface area contributed by atoms with Gasteiger partial charge < -0.3 is 34.1 Å². The second kappa shape index (κ2) is 20.2. The third-order valence-corrected chi connectivity index (χ3v) is 13.3. The number of aliphatic hydroxyl groups excluding tert-OH is 1. The third-order valence-electron chi connectivity index (χ3n) is 13.3. The lowest BCUT2D eigenvalue weighted by molar-refractivity contribution is -0.0581. The fourth-order valence-electron chi connectivity index (χ4n) is 10.4. The van der Waals surface area contributed by atoms with Crippen LogP contribution < -0.4 is 5.32 Å². The van der Waals surface area contributed by atoms with E-state index in [4.69, 9.17) is 28.8 Å². The lowest BCUT2D eigenvalue weighted by atomic mass is 9.47. The van der Waals surface area contributed by atoms with E-state index in [-0.39, 0.29) is 30.3 Å². The number of ether oxygens (including phenoxy) is 5. The second-order valence-electron chi connectivity index (χ2n) is 16.8. The van der Waals surface area contributed by atoms with Crippen LogP contribution >= 0.6 is 0 Å². The maximum Gasteiger partial charge on any atom is 0.407 e. The molecule has 9 atom stereocenters. The minimum atomic E-state index is -0.300. The molecule has 3 saturated carbocycles. The van der Waals surface area contributed by atoms with Gasteiger partial charge in [-0.25, -0.2) is 4.79 Å². The fraction of sp³-hybridized carbons (Fsp3) is 0.927. The Morgan fingerprint density at radius 1 is 0.898 bits per heavy atom. The van der Waals surface area contributed by atoms with E-state index in [9.17, 15) is 4.79 Å². The Labute approximate surface area is 299 Å². The van der Waals surface area contributed by atoms with Gasteiger partial charge >= 0.3 is 6.09 Å². The van der Waals surface area contributed by atoms with Crippen LogP contribution in [0.25, 0.3) is 0 Å². The normalized spacial score (nSPS) is 32.2. The molecule has 4 rings (SSSR count). The van der Waals surface area contributed by atoms with E-state index < -0.39 is 0 Å². The molecule has 4 aliphatic carbocycles. The molecule has 0 spiro atoms. The minimum absolute atomic E-state index is 0.0222. The Hall–Kier alpha value is -1.19. The first-order valence-corrected chi connectivity index (χ1v) is 20.2. The molecule has 3 fully saturated rings. The molecule has 0 aromatic carbocycles. The van der Waals surface area contributed by atoms with Gasteiger partial charge in [-0.05, 0) is 104 Å². The molecule has 0 aromatic rings. The van der Waals surface area contributed by atoms with Crippen LogP contribution in [0.1, 0.15) is 125 Å². The lowest BCUT2D eigenvalue weighted by Crippen LogP contribution is -2.51. The minimum Gasteiger partial charge on any atom is -0.446 e. The molecular weight excluding hydrogens is 618 g/mol. The fourth-order valence-corrected chi connectivity index (χ4v) is 10.4. The molecule has 4 aliphatic rings. The lowest BCUT2D eigenvalue weighted by Gasteiger charge is -2.58. The summed E-state index contributed by atoms with van der Waals surface area (Å²) in [6.45, 7) is 18.6. The molecule has 284 valence electrons. The smallest absolute Gasteiger partial charge is 0.407 e. The van der Waals surface area contributed by atoms with Crippen molar-refractivity contribution < 1.29 is 33.6 Å². The zero-order valence-electron chi connectivity index (χ0n) is 32.1. The Balaban J connectivity index is 1.08. The number of allylic oxidation sites excluding steroid dienone is 1. The summed E-state index contributed by atoms with van der Waals surface area (Å²) >= 11 is 0. The van der Waals surface area contributed by atoms with Crippen LogP contribution in [0, 0.1) is 46.3 Å². The predicted molar refractivity (Wildman–Crippen MR) is 196 cm³/mol. The Morgan fingerprint density at radius 3 is 2.31 bits per heavy atom. The molecule has 49 heavy (non-hydrogen) atoms. The van der Waals surface area contributed by atoms with Gasteiger partial charge in [0.05, 0.1) is 52.4 Å². The van der Waals surface area contributed by atoms with Crippen molar-refractivity contribution in [3.05, 3.63) is 11.6 Å². The molecule has 0 heterocycles. The molecule has 2 unspecified atom stereocenters. The summed E-state index contributed by atoms with van der Waals surface area (Å²) in [4.78, 5) is 12.6. The number of carbonyl (C=O) groups excluding carboxylic acids is 1. The van der Waals surface area contributed by atoms with Gasteiger partial charge in [0.2, 0.25) is 0 Å². The second-order valence-corrected chi connectivity index (χ2v) is 16.8. The maximum atomic E-state index is 12.6. The van der Waals surface area contributed by atoms with E-state index in [0.717, 1.165) is 67.6 Å². The third kappa shape index (κ3) is 11.2. The van der Waals surface area contributed by atoms with E-state index in [0.29, 0.717) is 58.2 Å². The first-order chi connectivity index (χ1) is 23.6. The van der Waals surface area contributed by atoms with Gasteiger partial charge in [0.15, 0.2) is 0 Å². The summed E-state index contributed by atoms with van der Waals surface area (Å²) in [6, 6.07) is 0. The molecule has 0 saturated heterocycles. The number of nitrogens with one attached hydrogen (secondary N) is 1. The summed E-state index contributed by atoms with van der Waals surface area (Å²) in [7, 11) is 0. The van der Waals surface area contributed by atoms with Gasteiger partial charge in [0, 0.05) is 19.6 Å². The standard InChI is InChI=1S/C41H73NO7/c1-7-33(29-43)48-27-26-47-25-24-46-23-22-45-21-9-20-42-39(44)49-34-16-18-40(5)32(28-34)12-13-35-37-15-14-36(31(4)11-8-10-30(2)3)41(37,6)19-17-38(35)40/h12,30-31,33-38,43H,7-11,13-29H2,1-6H3,(H,42,44)/t31-,33?,34+,35?,36-,37+,38+,40+,41-/m1/s1. The van der Waals surface area contributed by atoms with Crippen molar-refractivity contribution in [3.63, 3.8) is 0 Å². The van der Waals surface area contributed by atoms with Crippen LogP contribution in [-0.4, -0.2) is 82.8 Å². The quantitative estimate of drug-likeness (QED) is 0.0871. The molecule has 2 N–H and O–H groups in total. The highest BCUT2D eigenvalue weighted by Gasteiger charge is 2.59. The Morgan fingerprint density at radius 2 is 1.61 bits per heavy atom. The summed E-state index contributed by atoms with van der Waals surface area (Å²) in [5, 5.41) is 12.0. The number of aliphatic hydroxyl groups is 1. The zero-order chi connectivity index (χ0) is 35.3. The SMILES string of the molecule is CCC(CO)OCCOCCOCCOCCCNC(=O)O[C@H]1CC[C@@]2(C)C(=CCC3[C@@H]4CC[C@H]([C@H](C)CCCC(C)C)[C@@]4(C)CC[C@@H]32)C1. The van der Waals surface area contributed by atoms with E-state index in [1.165, 1.54) is 51.4 Å².